The lowest BCUT2D eigenvalue weighted by molar-refractivity contribution is 0.217. The molecule has 1 heterocycles. The predicted molar refractivity (Wildman–Crippen MR) is 68.1 cm³/mol. The van der Waals surface area contributed by atoms with Crippen molar-refractivity contribution >= 4 is 17.6 Å². The highest BCUT2D eigenvalue weighted by molar-refractivity contribution is 6.30. The molecular weight excluding hydrogens is 238 g/mol. The number of benzene rings is 1. The standard InChI is InChI=1S/C12H16ClN3O/c13-11-3-1-10(2-4-11)9-14-5-7-16-8-6-15-12(16)17/h1-4,14H,5-9H2,(H,15,17). The second-order valence-electron chi connectivity index (χ2n) is 4.02. The Hall–Kier alpha value is -1.26. The molecule has 0 atom stereocenters. The van der Waals surface area contributed by atoms with Gasteiger partial charge in [-0.3, -0.25) is 0 Å². The zero-order chi connectivity index (χ0) is 12.1. The summed E-state index contributed by atoms with van der Waals surface area (Å²) in [5.74, 6) is 0. The van der Waals surface area contributed by atoms with E-state index in [0.29, 0.717) is 0 Å². The van der Waals surface area contributed by atoms with Crippen LogP contribution < -0.4 is 10.6 Å². The van der Waals surface area contributed by atoms with Gasteiger partial charge in [-0.1, -0.05) is 23.7 Å². The minimum Gasteiger partial charge on any atom is -0.336 e. The van der Waals surface area contributed by atoms with Crippen LogP contribution >= 0.6 is 11.6 Å². The van der Waals surface area contributed by atoms with Crippen LogP contribution in [0.4, 0.5) is 4.79 Å². The van der Waals surface area contributed by atoms with Gasteiger partial charge in [-0.25, -0.2) is 4.79 Å². The van der Waals surface area contributed by atoms with Gasteiger partial charge in [0.1, 0.15) is 0 Å². The Balaban J connectivity index is 1.66. The predicted octanol–water partition coefficient (Wildman–Crippen LogP) is 1.45. The smallest absolute Gasteiger partial charge is 0.317 e. The summed E-state index contributed by atoms with van der Waals surface area (Å²) in [4.78, 5) is 13.1. The molecule has 0 radical (unpaired) electrons. The second-order valence-corrected chi connectivity index (χ2v) is 4.46. The third-order valence-electron chi connectivity index (χ3n) is 2.75. The van der Waals surface area contributed by atoms with E-state index in [4.69, 9.17) is 11.6 Å². The molecule has 1 aliphatic heterocycles. The minimum absolute atomic E-state index is 0.0401. The average molecular weight is 254 g/mol. The molecule has 0 aromatic heterocycles. The minimum atomic E-state index is 0.0401. The number of carbonyl (C=O) groups is 1. The molecule has 2 amide bonds. The van der Waals surface area contributed by atoms with Crippen LogP contribution in [0.2, 0.25) is 5.02 Å². The van der Waals surface area contributed by atoms with E-state index in [1.165, 1.54) is 5.56 Å². The Bertz CT molecular complexity index is 380. The van der Waals surface area contributed by atoms with Gasteiger partial charge in [0.2, 0.25) is 0 Å². The third kappa shape index (κ3) is 3.61. The number of amides is 2. The highest BCUT2D eigenvalue weighted by Crippen LogP contribution is 2.08. The topological polar surface area (TPSA) is 44.4 Å². The van der Waals surface area contributed by atoms with Gasteiger partial charge in [0.05, 0.1) is 0 Å². The Morgan fingerprint density at radius 2 is 2.12 bits per heavy atom. The van der Waals surface area contributed by atoms with Crippen molar-refractivity contribution in [3.8, 4) is 0 Å². The Kier molecular flexibility index (Phi) is 4.23. The molecule has 0 unspecified atom stereocenters. The van der Waals surface area contributed by atoms with Gasteiger partial charge in [0.15, 0.2) is 0 Å². The fourth-order valence-electron chi connectivity index (χ4n) is 1.77. The zero-order valence-electron chi connectivity index (χ0n) is 9.58. The monoisotopic (exact) mass is 253 g/mol. The van der Waals surface area contributed by atoms with Crippen LogP contribution in [-0.2, 0) is 6.54 Å². The first-order valence-electron chi connectivity index (χ1n) is 5.73. The Morgan fingerprint density at radius 1 is 1.35 bits per heavy atom. The van der Waals surface area contributed by atoms with E-state index in [0.717, 1.165) is 37.7 Å². The molecule has 0 spiro atoms. The van der Waals surface area contributed by atoms with Crippen LogP contribution in [0.5, 0.6) is 0 Å². The van der Waals surface area contributed by atoms with Crippen LogP contribution in [0.1, 0.15) is 5.56 Å². The third-order valence-corrected chi connectivity index (χ3v) is 3.00. The summed E-state index contributed by atoms with van der Waals surface area (Å²) in [7, 11) is 0. The number of rotatable bonds is 5. The number of nitrogens with one attached hydrogen (secondary N) is 2. The maximum Gasteiger partial charge on any atom is 0.317 e. The molecule has 17 heavy (non-hydrogen) atoms. The van der Waals surface area contributed by atoms with Crippen LogP contribution in [-0.4, -0.2) is 37.1 Å². The molecule has 1 fully saturated rings. The summed E-state index contributed by atoms with van der Waals surface area (Å²) < 4.78 is 0. The summed E-state index contributed by atoms with van der Waals surface area (Å²) >= 11 is 5.80. The average Bonchev–Trinajstić information content (AvgIpc) is 2.73. The molecular formula is C12H16ClN3O. The molecule has 1 aromatic carbocycles. The van der Waals surface area contributed by atoms with Gasteiger partial charge in [0.25, 0.3) is 0 Å². The first-order chi connectivity index (χ1) is 8.25. The summed E-state index contributed by atoms with van der Waals surface area (Å²) in [6, 6.07) is 7.80. The highest BCUT2D eigenvalue weighted by atomic mass is 35.5. The summed E-state index contributed by atoms with van der Waals surface area (Å²) in [6.45, 7) is 3.92. The lowest BCUT2D eigenvalue weighted by Crippen LogP contribution is -2.34. The fourth-order valence-corrected chi connectivity index (χ4v) is 1.90. The quantitative estimate of drug-likeness (QED) is 0.781. The van der Waals surface area contributed by atoms with Gasteiger partial charge in [-0.05, 0) is 17.7 Å². The van der Waals surface area contributed by atoms with Crippen LogP contribution in [0, 0.1) is 0 Å². The number of halogens is 1. The lowest BCUT2D eigenvalue weighted by Gasteiger charge is -2.14. The Morgan fingerprint density at radius 3 is 2.76 bits per heavy atom. The van der Waals surface area contributed by atoms with Crippen molar-refractivity contribution in [2.75, 3.05) is 26.2 Å². The van der Waals surface area contributed by atoms with E-state index >= 15 is 0 Å². The SMILES string of the molecule is O=C1NCCN1CCNCc1ccc(Cl)cc1. The van der Waals surface area contributed by atoms with E-state index in [9.17, 15) is 4.79 Å². The number of carbonyl (C=O) groups excluding carboxylic acids is 1. The summed E-state index contributed by atoms with van der Waals surface area (Å²) in [5.41, 5.74) is 1.19. The largest absolute Gasteiger partial charge is 0.336 e. The number of urea groups is 1. The van der Waals surface area contributed by atoms with E-state index in [1.54, 1.807) is 0 Å². The van der Waals surface area contributed by atoms with E-state index in [2.05, 4.69) is 10.6 Å². The number of hydrogen-bond donors (Lipinski definition) is 2. The van der Waals surface area contributed by atoms with Crippen molar-refractivity contribution in [1.82, 2.24) is 15.5 Å². The van der Waals surface area contributed by atoms with Crippen molar-refractivity contribution in [2.24, 2.45) is 0 Å². The molecule has 5 heteroatoms. The maximum absolute atomic E-state index is 11.2. The van der Waals surface area contributed by atoms with Crippen LogP contribution in [0.25, 0.3) is 0 Å². The van der Waals surface area contributed by atoms with Gasteiger partial charge < -0.3 is 15.5 Å². The molecule has 0 saturated carbocycles. The van der Waals surface area contributed by atoms with Gasteiger partial charge in [0, 0.05) is 37.7 Å². The summed E-state index contributed by atoms with van der Waals surface area (Å²) in [5, 5.41) is 6.84. The Labute approximate surface area is 106 Å². The van der Waals surface area contributed by atoms with E-state index < -0.39 is 0 Å². The second kappa shape index (κ2) is 5.89. The number of nitrogens with zero attached hydrogens (tertiary/aromatic N) is 1. The molecule has 2 N–H and O–H groups in total. The first kappa shape index (κ1) is 12.2. The van der Waals surface area contributed by atoms with Gasteiger partial charge >= 0.3 is 6.03 Å². The van der Waals surface area contributed by atoms with Crippen LogP contribution in [0.15, 0.2) is 24.3 Å². The van der Waals surface area contributed by atoms with E-state index in [1.807, 2.05) is 29.2 Å². The highest BCUT2D eigenvalue weighted by Gasteiger charge is 2.17. The van der Waals surface area contributed by atoms with E-state index in [-0.39, 0.29) is 6.03 Å². The molecule has 1 saturated heterocycles. The lowest BCUT2D eigenvalue weighted by atomic mass is 10.2. The molecule has 0 aliphatic carbocycles. The summed E-state index contributed by atoms with van der Waals surface area (Å²) in [6.07, 6.45) is 0. The van der Waals surface area contributed by atoms with Crippen molar-refractivity contribution in [2.45, 2.75) is 6.54 Å². The van der Waals surface area contributed by atoms with Crippen molar-refractivity contribution in [3.63, 3.8) is 0 Å². The number of hydrogen-bond acceptors (Lipinski definition) is 2. The molecule has 92 valence electrons. The van der Waals surface area contributed by atoms with Gasteiger partial charge in [-0.15, -0.1) is 0 Å². The van der Waals surface area contributed by atoms with Crippen molar-refractivity contribution in [3.05, 3.63) is 34.9 Å². The molecule has 4 nitrogen and oxygen atoms in total. The molecule has 1 aromatic rings. The maximum atomic E-state index is 11.2. The van der Waals surface area contributed by atoms with Crippen molar-refractivity contribution < 1.29 is 4.79 Å². The van der Waals surface area contributed by atoms with Gasteiger partial charge in [-0.2, -0.15) is 0 Å². The van der Waals surface area contributed by atoms with Crippen molar-refractivity contribution in [1.29, 1.82) is 0 Å². The molecule has 2 rings (SSSR count). The first-order valence-corrected chi connectivity index (χ1v) is 6.11. The molecule has 0 bridgehead atoms. The molecule has 1 aliphatic rings. The fraction of sp³-hybridized carbons (Fsp3) is 0.417. The normalized spacial score (nSPS) is 15.1. The van der Waals surface area contributed by atoms with Crippen LogP contribution in [0.3, 0.4) is 0 Å². The zero-order valence-corrected chi connectivity index (χ0v) is 10.3.